The van der Waals surface area contributed by atoms with Crippen LogP contribution in [-0.2, 0) is 6.42 Å². The summed E-state index contributed by atoms with van der Waals surface area (Å²) in [6, 6.07) is 21.7. The first kappa shape index (κ1) is 15.2. The van der Waals surface area contributed by atoms with Crippen molar-refractivity contribution in [1.29, 1.82) is 0 Å². The quantitative estimate of drug-likeness (QED) is 0.539. The van der Waals surface area contributed by atoms with Crippen molar-refractivity contribution in [1.82, 2.24) is 9.78 Å². The number of aromatic nitrogens is 2. The first-order chi connectivity index (χ1) is 12.7. The predicted molar refractivity (Wildman–Crippen MR) is 108 cm³/mol. The Labute approximate surface area is 153 Å². The minimum Gasteiger partial charge on any atom is -0.369 e. The summed E-state index contributed by atoms with van der Waals surface area (Å²) < 4.78 is 2.09. The summed E-state index contributed by atoms with van der Waals surface area (Å²) in [6.07, 6.45) is 1.02. The Morgan fingerprint density at radius 3 is 2.65 bits per heavy atom. The molecule has 0 aliphatic carbocycles. The van der Waals surface area contributed by atoms with Gasteiger partial charge in [0.15, 0.2) is 0 Å². The zero-order chi connectivity index (χ0) is 17.7. The summed E-state index contributed by atoms with van der Waals surface area (Å²) in [7, 11) is 0. The molecule has 1 aliphatic rings. The number of nitrogens with zero attached hydrogens (tertiary/aromatic N) is 2. The van der Waals surface area contributed by atoms with Gasteiger partial charge in [-0.1, -0.05) is 48.5 Å². The van der Waals surface area contributed by atoms with Gasteiger partial charge in [0.1, 0.15) is 5.82 Å². The largest absolute Gasteiger partial charge is 0.369 e. The summed E-state index contributed by atoms with van der Waals surface area (Å²) in [6.45, 7) is 5.25. The van der Waals surface area contributed by atoms with Crippen LogP contribution in [0.15, 0.2) is 60.7 Å². The highest BCUT2D eigenvalue weighted by Gasteiger charge is 2.24. The molecule has 0 unspecified atom stereocenters. The molecule has 0 radical (unpaired) electrons. The Morgan fingerprint density at radius 2 is 1.77 bits per heavy atom. The van der Waals surface area contributed by atoms with E-state index in [9.17, 15) is 0 Å². The zero-order valence-electron chi connectivity index (χ0n) is 15.1. The standard InChI is InChI=1S/C23H21N3/c1-15-7-8-16(2)21(13-15)26-23-20(11-12-24-23)22(25-26)19-10-9-17-5-3-4-6-18(17)14-19/h3-10,13-14,24H,11-12H2,1-2H3. The molecule has 0 bridgehead atoms. The van der Waals surface area contributed by atoms with E-state index in [1.165, 1.54) is 33.0 Å². The molecule has 3 nitrogen and oxygen atoms in total. The number of anilines is 1. The molecule has 128 valence electrons. The molecular weight excluding hydrogens is 318 g/mol. The number of fused-ring (bicyclic) bond motifs is 2. The SMILES string of the molecule is Cc1ccc(C)c(-n2nc(-c3ccc4ccccc4c3)c3c2NCC3)c1. The fraction of sp³-hybridized carbons (Fsp3) is 0.174. The van der Waals surface area contributed by atoms with Gasteiger partial charge < -0.3 is 5.32 Å². The van der Waals surface area contributed by atoms with Crippen molar-refractivity contribution < 1.29 is 0 Å². The van der Waals surface area contributed by atoms with Gasteiger partial charge in [0, 0.05) is 17.7 Å². The highest BCUT2D eigenvalue weighted by atomic mass is 15.3. The summed E-state index contributed by atoms with van der Waals surface area (Å²) in [5, 5.41) is 11.1. The van der Waals surface area contributed by atoms with Gasteiger partial charge in [-0.25, -0.2) is 4.68 Å². The summed E-state index contributed by atoms with van der Waals surface area (Å²) in [5.74, 6) is 1.14. The maximum Gasteiger partial charge on any atom is 0.133 e. The fourth-order valence-electron chi connectivity index (χ4n) is 3.87. The molecule has 2 heterocycles. The third-order valence-corrected chi connectivity index (χ3v) is 5.27. The molecule has 0 spiro atoms. The van der Waals surface area contributed by atoms with Crippen molar-refractivity contribution >= 4 is 16.6 Å². The maximum atomic E-state index is 5.04. The van der Waals surface area contributed by atoms with E-state index in [0.717, 1.165) is 30.2 Å². The minimum absolute atomic E-state index is 0.971. The molecule has 1 aromatic heterocycles. The number of benzene rings is 3. The van der Waals surface area contributed by atoms with Crippen LogP contribution in [0.25, 0.3) is 27.7 Å². The summed E-state index contributed by atoms with van der Waals surface area (Å²) in [5.41, 5.74) is 7.24. The molecular formula is C23H21N3. The van der Waals surface area contributed by atoms with Crippen LogP contribution in [0.4, 0.5) is 5.82 Å². The Balaban J connectivity index is 1.72. The summed E-state index contributed by atoms with van der Waals surface area (Å²) >= 11 is 0. The van der Waals surface area contributed by atoms with Crippen molar-refractivity contribution in [3.05, 3.63) is 77.4 Å². The van der Waals surface area contributed by atoms with Crippen LogP contribution in [0.3, 0.4) is 0 Å². The molecule has 3 heteroatoms. The normalized spacial score (nSPS) is 13.0. The van der Waals surface area contributed by atoms with Gasteiger partial charge in [-0.2, -0.15) is 5.10 Å². The van der Waals surface area contributed by atoms with Crippen LogP contribution in [-0.4, -0.2) is 16.3 Å². The third-order valence-electron chi connectivity index (χ3n) is 5.27. The average Bonchev–Trinajstić information content (AvgIpc) is 3.26. The fourth-order valence-corrected chi connectivity index (χ4v) is 3.87. The molecule has 0 saturated carbocycles. The molecule has 1 aliphatic heterocycles. The van der Waals surface area contributed by atoms with Crippen molar-refractivity contribution in [3.8, 4) is 16.9 Å². The highest BCUT2D eigenvalue weighted by molar-refractivity contribution is 5.88. The zero-order valence-corrected chi connectivity index (χ0v) is 15.1. The molecule has 0 fully saturated rings. The Bertz CT molecular complexity index is 1140. The van der Waals surface area contributed by atoms with E-state index in [0.29, 0.717) is 0 Å². The van der Waals surface area contributed by atoms with Crippen LogP contribution in [0.5, 0.6) is 0 Å². The first-order valence-electron chi connectivity index (χ1n) is 9.13. The topological polar surface area (TPSA) is 29.9 Å². The van der Waals surface area contributed by atoms with Crippen molar-refractivity contribution in [2.24, 2.45) is 0 Å². The van der Waals surface area contributed by atoms with Crippen LogP contribution in [0.1, 0.15) is 16.7 Å². The number of nitrogens with one attached hydrogen (secondary N) is 1. The van der Waals surface area contributed by atoms with Gasteiger partial charge in [-0.15, -0.1) is 0 Å². The van der Waals surface area contributed by atoms with Crippen molar-refractivity contribution in [2.75, 3.05) is 11.9 Å². The number of rotatable bonds is 2. The smallest absolute Gasteiger partial charge is 0.133 e. The molecule has 1 N–H and O–H groups in total. The number of hydrogen-bond donors (Lipinski definition) is 1. The summed E-state index contributed by atoms with van der Waals surface area (Å²) in [4.78, 5) is 0. The van der Waals surface area contributed by atoms with Gasteiger partial charge in [-0.05, 0) is 54.3 Å². The molecule has 0 saturated heterocycles. The van der Waals surface area contributed by atoms with E-state index >= 15 is 0 Å². The first-order valence-corrected chi connectivity index (χ1v) is 9.13. The van der Waals surface area contributed by atoms with Gasteiger partial charge in [0.2, 0.25) is 0 Å². The third kappa shape index (κ3) is 2.31. The molecule has 26 heavy (non-hydrogen) atoms. The van der Waals surface area contributed by atoms with E-state index in [-0.39, 0.29) is 0 Å². The Kier molecular flexibility index (Phi) is 3.35. The Hall–Kier alpha value is -3.07. The molecule has 0 atom stereocenters. The maximum absolute atomic E-state index is 5.04. The lowest BCUT2D eigenvalue weighted by atomic mass is 10.0. The number of hydrogen-bond acceptors (Lipinski definition) is 2. The van der Waals surface area contributed by atoms with Gasteiger partial charge in [0.25, 0.3) is 0 Å². The lowest BCUT2D eigenvalue weighted by molar-refractivity contribution is 0.874. The molecule has 0 amide bonds. The predicted octanol–water partition coefficient (Wildman–Crippen LogP) is 5.28. The lowest BCUT2D eigenvalue weighted by Crippen LogP contribution is -2.06. The molecule has 4 aromatic rings. The minimum atomic E-state index is 0.971. The second-order valence-corrected chi connectivity index (χ2v) is 7.12. The van der Waals surface area contributed by atoms with Gasteiger partial charge >= 0.3 is 0 Å². The van der Waals surface area contributed by atoms with Crippen LogP contribution < -0.4 is 5.32 Å². The Morgan fingerprint density at radius 1 is 0.923 bits per heavy atom. The molecule has 5 rings (SSSR count). The monoisotopic (exact) mass is 339 g/mol. The van der Waals surface area contributed by atoms with Crippen LogP contribution >= 0.6 is 0 Å². The van der Waals surface area contributed by atoms with Gasteiger partial charge in [0.05, 0.1) is 11.4 Å². The van der Waals surface area contributed by atoms with E-state index in [2.05, 4.69) is 84.5 Å². The average molecular weight is 339 g/mol. The van der Waals surface area contributed by atoms with Crippen LogP contribution in [0, 0.1) is 13.8 Å². The highest BCUT2D eigenvalue weighted by Crippen LogP contribution is 2.36. The van der Waals surface area contributed by atoms with Crippen LogP contribution in [0.2, 0.25) is 0 Å². The van der Waals surface area contributed by atoms with E-state index in [1.807, 2.05) is 0 Å². The van der Waals surface area contributed by atoms with Crippen molar-refractivity contribution in [3.63, 3.8) is 0 Å². The molecule has 3 aromatic carbocycles. The van der Waals surface area contributed by atoms with Gasteiger partial charge in [-0.3, -0.25) is 0 Å². The number of aryl methyl sites for hydroxylation is 2. The van der Waals surface area contributed by atoms with E-state index in [4.69, 9.17) is 5.10 Å². The lowest BCUT2D eigenvalue weighted by Gasteiger charge is -2.10. The van der Waals surface area contributed by atoms with Crippen molar-refractivity contribution in [2.45, 2.75) is 20.3 Å². The second kappa shape index (κ2) is 5.73. The second-order valence-electron chi connectivity index (χ2n) is 7.12. The van der Waals surface area contributed by atoms with E-state index in [1.54, 1.807) is 0 Å². The van der Waals surface area contributed by atoms with E-state index < -0.39 is 0 Å².